The predicted octanol–water partition coefficient (Wildman–Crippen LogP) is 1.25. The predicted molar refractivity (Wildman–Crippen MR) is 103 cm³/mol. The van der Waals surface area contributed by atoms with Crippen molar-refractivity contribution < 1.29 is 4.74 Å². The molecule has 144 valence electrons. The van der Waals surface area contributed by atoms with Crippen LogP contribution >= 0.6 is 12.4 Å². The zero-order chi connectivity index (χ0) is 18.2. The van der Waals surface area contributed by atoms with Crippen molar-refractivity contribution in [2.24, 2.45) is 0 Å². The van der Waals surface area contributed by atoms with Gasteiger partial charge in [0, 0.05) is 31.5 Å². The van der Waals surface area contributed by atoms with E-state index in [0.29, 0.717) is 5.75 Å². The molecule has 0 saturated heterocycles. The van der Waals surface area contributed by atoms with Gasteiger partial charge in [0.15, 0.2) is 5.82 Å². The smallest absolute Gasteiger partial charge is 0.165 e. The number of nitrogens with one attached hydrogen (secondary N) is 1. The SMILES string of the molecule is COc1cc(-n2cnnn2)ccc1-n1ccnc1-c1cc2n(n1)CCNC2.Cl. The molecule has 4 heterocycles. The second kappa shape index (κ2) is 7.41. The average molecular weight is 400 g/mol. The van der Waals surface area contributed by atoms with Crippen LogP contribution in [0.4, 0.5) is 0 Å². The zero-order valence-corrected chi connectivity index (χ0v) is 15.9. The highest BCUT2D eigenvalue weighted by atomic mass is 35.5. The fraction of sp³-hybridized carbons (Fsp3) is 0.235. The molecule has 0 radical (unpaired) electrons. The molecule has 3 aromatic heterocycles. The summed E-state index contributed by atoms with van der Waals surface area (Å²) >= 11 is 0. The fourth-order valence-electron chi connectivity index (χ4n) is 3.28. The van der Waals surface area contributed by atoms with E-state index >= 15 is 0 Å². The van der Waals surface area contributed by atoms with Crippen LogP contribution in [0.5, 0.6) is 5.75 Å². The summed E-state index contributed by atoms with van der Waals surface area (Å²) < 4.78 is 11.2. The first-order valence-electron chi connectivity index (χ1n) is 8.56. The van der Waals surface area contributed by atoms with Crippen LogP contribution < -0.4 is 10.1 Å². The number of halogens is 1. The Morgan fingerprint density at radius 1 is 1.21 bits per heavy atom. The molecule has 1 aromatic carbocycles. The number of benzene rings is 1. The Hall–Kier alpha value is -3.24. The third kappa shape index (κ3) is 3.02. The number of fused-ring (bicyclic) bond motifs is 1. The van der Waals surface area contributed by atoms with E-state index in [1.165, 1.54) is 0 Å². The van der Waals surface area contributed by atoms with Crippen molar-refractivity contribution >= 4 is 12.4 Å². The monoisotopic (exact) mass is 399 g/mol. The Labute approximate surface area is 166 Å². The number of imidazole rings is 1. The molecule has 1 aliphatic rings. The van der Waals surface area contributed by atoms with Gasteiger partial charge in [0.1, 0.15) is 17.8 Å². The number of hydrogen-bond acceptors (Lipinski definition) is 7. The molecule has 0 spiro atoms. The minimum atomic E-state index is 0. The lowest BCUT2D eigenvalue weighted by molar-refractivity contribution is 0.412. The van der Waals surface area contributed by atoms with Gasteiger partial charge in [-0.25, -0.2) is 9.67 Å². The standard InChI is InChI=1S/C17H17N9O.ClH/c1-27-16-9-12(26-11-20-22-23-26)2-3-15(16)24-6-5-19-17(24)14-8-13-10-18-4-7-25(13)21-14;/h2-3,5-6,8-9,11,18H,4,7,10H2,1H3;1H. The van der Waals surface area contributed by atoms with Crippen molar-refractivity contribution in [2.45, 2.75) is 13.1 Å². The number of tetrazole rings is 1. The Morgan fingerprint density at radius 2 is 2.14 bits per heavy atom. The van der Waals surface area contributed by atoms with Gasteiger partial charge in [-0.15, -0.1) is 17.5 Å². The molecule has 0 unspecified atom stereocenters. The first kappa shape index (κ1) is 18.1. The molecule has 4 aromatic rings. The molecule has 0 atom stereocenters. The van der Waals surface area contributed by atoms with Gasteiger partial charge in [0.2, 0.25) is 0 Å². The van der Waals surface area contributed by atoms with Crippen LogP contribution in [-0.2, 0) is 13.1 Å². The van der Waals surface area contributed by atoms with Crippen LogP contribution in [0.3, 0.4) is 0 Å². The van der Waals surface area contributed by atoms with Crippen molar-refractivity contribution in [3.63, 3.8) is 0 Å². The molecule has 1 aliphatic heterocycles. The summed E-state index contributed by atoms with van der Waals surface area (Å²) in [4.78, 5) is 4.53. The van der Waals surface area contributed by atoms with Crippen LogP contribution in [0.1, 0.15) is 5.69 Å². The van der Waals surface area contributed by atoms with E-state index in [1.807, 2.05) is 33.6 Å². The van der Waals surface area contributed by atoms with E-state index in [4.69, 9.17) is 9.84 Å². The lowest BCUT2D eigenvalue weighted by Crippen LogP contribution is -2.28. The maximum absolute atomic E-state index is 5.61. The summed E-state index contributed by atoms with van der Waals surface area (Å²) in [7, 11) is 1.64. The van der Waals surface area contributed by atoms with E-state index in [-0.39, 0.29) is 12.4 Å². The maximum Gasteiger partial charge on any atom is 0.165 e. The molecule has 0 aliphatic carbocycles. The topological polar surface area (TPSA) is 101 Å². The minimum Gasteiger partial charge on any atom is -0.494 e. The van der Waals surface area contributed by atoms with E-state index in [0.717, 1.165) is 48.2 Å². The van der Waals surface area contributed by atoms with Gasteiger partial charge in [0.05, 0.1) is 30.7 Å². The van der Waals surface area contributed by atoms with Crippen molar-refractivity contribution in [3.05, 3.63) is 48.7 Å². The molecule has 28 heavy (non-hydrogen) atoms. The normalized spacial score (nSPS) is 13.0. The van der Waals surface area contributed by atoms with Crippen LogP contribution in [0, 0.1) is 0 Å². The van der Waals surface area contributed by atoms with Gasteiger partial charge in [-0.05, 0) is 28.6 Å². The number of hydrogen-bond donors (Lipinski definition) is 1. The van der Waals surface area contributed by atoms with Crippen molar-refractivity contribution in [2.75, 3.05) is 13.7 Å². The summed E-state index contributed by atoms with van der Waals surface area (Å²) in [5.41, 5.74) is 3.67. The summed E-state index contributed by atoms with van der Waals surface area (Å²) in [5, 5.41) is 19.3. The third-order valence-corrected chi connectivity index (χ3v) is 4.58. The number of methoxy groups -OCH3 is 1. The molecule has 0 bridgehead atoms. The molecule has 0 fully saturated rings. The Kier molecular flexibility index (Phi) is 4.80. The zero-order valence-electron chi connectivity index (χ0n) is 15.1. The maximum atomic E-state index is 5.61. The Morgan fingerprint density at radius 3 is 2.93 bits per heavy atom. The quantitative estimate of drug-likeness (QED) is 0.551. The lowest BCUT2D eigenvalue weighted by Gasteiger charge is -2.13. The van der Waals surface area contributed by atoms with Crippen LogP contribution in [0.25, 0.3) is 22.9 Å². The largest absolute Gasteiger partial charge is 0.494 e. The number of ether oxygens (including phenoxy) is 1. The molecule has 5 rings (SSSR count). The Bertz CT molecular complexity index is 1060. The van der Waals surface area contributed by atoms with Gasteiger partial charge in [0.25, 0.3) is 0 Å². The van der Waals surface area contributed by atoms with Gasteiger partial charge in [-0.2, -0.15) is 5.10 Å². The van der Waals surface area contributed by atoms with E-state index < -0.39 is 0 Å². The highest BCUT2D eigenvalue weighted by Gasteiger charge is 2.18. The summed E-state index contributed by atoms with van der Waals surface area (Å²) in [6.07, 6.45) is 5.21. The lowest BCUT2D eigenvalue weighted by atomic mass is 10.2. The van der Waals surface area contributed by atoms with Gasteiger partial charge in [-0.3, -0.25) is 9.25 Å². The third-order valence-electron chi connectivity index (χ3n) is 4.58. The first-order chi connectivity index (χ1) is 13.3. The molecule has 1 N–H and O–H groups in total. The molecular weight excluding hydrogens is 382 g/mol. The number of aromatic nitrogens is 8. The second-order valence-corrected chi connectivity index (χ2v) is 6.15. The molecule has 0 saturated carbocycles. The van der Waals surface area contributed by atoms with E-state index in [1.54, 1.807) is 24.3 Å². The van der Waals surface area contributed by atoms with Crippen molar-refractivity contribution in [3.8, 4) is 28.6 Å². The first-order valence-corrected chi connectivity index (χ1v) is 8.56. The average Bonchev–Trinajstić information content (AvgIpc) is 3.47. The highest BCUT2D eigenvalue weighted by Crippen LogP contribution is 2.29. The fourth-order valence-corrected chi connectivity index (χ4v) is 3.28. The summed E-state index contributed by atoms with van der Waals surface area (Å²) in [6.45, 7) is 2.60. The van der Waals surface area contributed by atoms with Gasteiger partial charge < -0.3 is 10.1 Å². The summed E-state index contributed by atoms with van der Waals surface area (Å²) in [6, 6.07) is 7.85. The van der Waals surface area contributed by atoms with Crippen LogP contribution in [0.15, 0.2) is 43.0 Å². The van der Waals surface area contributed by atoms with Gasteiger partial charge in [-0.1, -0.05) is 0 Å². The molecule has 11 heteroatoms. The van der Waals surface area contributed by atoms with Crippen molar-refractivity contribution in [1.29, 1.82) is 0 Å². The summed E-state index contributed by atoms with van der Waals surface area (Å²) in [5.74, 6) is 1.46. The van der Waals surface area contributed by atoms with Crippen LogP contribution in [0.2, 0.25) is 0 Å². The van der Waals surface area contributed by atoms with Gasteiger partial charge >= 0.3 is 0 Å². The molecular formula is C17H18ClN9O. The highest BCUT2D eigenvalue weighted by molar-refractivity contribution is 5.85. The van der Waals surface area contributed by atoms with E-state index in [9.17, 15) is 0 Å². The molecule has 0 amide bonds. The molecule has 10 nitrogen and oxygen atoms in total. The second-order valence-electron chi connectivity index (χ2n) is 6.15. The van der Waals surface area contributed by atoms with Crippen molar-refractivity contribution in [1.82, 2.24) is 44.9 Å². The minimum absolute atomic E-state index is 0. The number of nitrogens with zero attached hydrogens (tertiary/aromatic N) is 8. The van der Waals surface area contributed by atoms with Crippen LogP contribution in [-0.4, -0.2) is 53.2 Å². The van der Waals surface area contributed by atoms with E-state index in [2.05, 4.69) is 31.9 Å². The number of rotatable bonds is 4. The Balaban J connectivity index is 0.00000192.